The van der Waals surface area contributed by atoms with Crippen molar-refractivity contribution in [1.82, 2.24) is 9.97 Å². The van der Waals surface area contributed by atoms with Crippen molar-refractivity contribution < 1.29 is 5.11 Å². The van der Waals surface area contributed by atoms with Gasteiger partial charge in [0.25, 0.3) is 5.56 Å². The third-order valence-corrected chi connectivity index (χ3v) is 3.22. The van der Waals surface area contributed by atoms with E-state index < -0.39 is 0 Å². The van der Waals surface area contributed by atoms with Crippen molar-refractivity contribution in [1.29, 1.82) is 0 Å². The Bertz CT molecular complexity index is 413. The maximum absolute atomic E-state index is 11.0. The fourth-order valence-corrected chi connectivity index (χ4v) is 1.77. The largest absolute Gasteiger partial charge is 0.392 e. The van der Waals surface area contributed by atoms with E-state index >= 15 is 0 Å². The van der Waals surface area contributed by atoms with E-state index in [9.17, 15) is 9.90 Å². The Morgan fingerprint density at radius 2 is 2.40 bits per heavy atom. The number of nitrogens with zero attached hydrogens (tertiary/aromatic N) is 1. The monoisotopic (exact) mass is 209 g/mol. The second-order valence-corrected chi connectivity index (χ2v) is 4.57. The number of nitrogens with one attached hydrogen (secondary N) is 2. The molecule has 0 aliphatic heterocycles. The Balaban J connectivity index is 2.08. The molecule has 1 aromatic heterocycles. The Morgan fingerprint density at radius 3 is 2.93 bits per heavy atom. The average molecular weight is 209 g/mol. The van der Waals surface area contributed by atoms with E-state index in [2.05, 4.69) is 15.3 Å². The molecule has 3 N–H and O–H groups in total. The molecule has 5 heteroatoms. The number of anilines is 1. The number of hydrogen-bond donors (Lipinski definition) is 3. The van der Waals surface area contributed by atoms with Gasteiger partial charge in [-0.15, -0.1) is 0 Å². The van der Waals surface area contributed by atoms with Gasteiger partial charge in [-0.1, -0.05) is 13.8 Å². The second-order valence-electron chi connectivity index (χ2n) is 4.57. The van der Waals surface area contributed by atoms with Crippen LogP contribution < -0.4 is 10.9 Å². The van der Waals surface area contributed by atoms with Gasteiger partial charge in [-0.05, 0) is 6.42 Å². The van der Waals surface area contributed by atoms with Crippen LogP contribution >= 0.6 is 0 Å². The van der Waals surface area contributed by atoms with Crippen LogP contribution in [0.5, 0.6) is 0 Å². The van der Waals surface area contributed by atoms with Gasteiger partial charge >= 0.3 is 0 Å². The number of aromatic nitrogens is 2. The summed E-state index contributed by atoms with van der Waals surface area (Å²) in [5.41, 5.74) is -0.338. The maximum Gasteiger partial charge on any atom is 0.252 e. The Morgan fingerprint density at radius 1 is 1.67 bits per heavy atom. The van der Waals surface area contributed by atoms with Crippen LogP contribution in [0.1, 0.15) is 20.3 Å². The van der Waals surface area contributed by atoms with Crippen molar-refractivity contribution in [3.63, 3.8) is 0 Å². The molecular formula is C10H15N3O2. The van der Waals surface area contributed by atoms with E-state index in [0.29, 0.717) is 12.2 Å². The van der Waals surface area contributed by atoms with Crippen molar-refractivity contribution in [3.8, 4) is 0 Å². The lowest BCUT2D eigenvalue weighted by atomic mass is 9.64. The quantitative estimate of drug-likeness (QED) is 0.656. The summed E-state index contributed by atoms with van der Waals surface area (Å²) in [6, 6.07) is 1.59. The molecule has 2 unspecified atom stereocenters. The van der Waals surface area contributed by atoms with Gasteiger partial charge in [0.1, 0.15) is 5.82 Å². The minimum absolute atomic E-state index is 0.162. The third-order valence-electron chi connectivity index (χ3n) is 3.22. The molecule has 0 bridgehead atoms. The van der Waals surface area contributed by atoms with Crippen molar-refractivity contribution in [3.05, 3.63) is 22.7 Å². The lowest BCUT2D eigenvalue weighted by Gasteiger charge is -2.49. The molecule has 0 amide bonds. The lowest BCUT2D eigenvalue weighted by Crippen LogP contribution is -2.57. The van der Waals surface area contributed by atoms with Crippen molar-refractivity contribution in [2.45, 2.75) is 32.4 Å². The first-order valence-electron chi connectivity index (χ1n) is 4.99. The highest BCUT2D eigenvalue weighted by Gasteiger charge is 2.47. The summed E-state index contributed by atoms with van der Waals surface area (Å²) < 4.78 is 0. The van der Waals surface area contributed by atoms with E-state index in [1.807, 2.05) is 13.8 Å². The topological polar surface area (TPSA) is 78.0 Å². The fraction of sp³-hybridized carbons (Fsp3) is 0.600. The van der Waals surface area contributed by atoms with Gasteiger partial charge in [-0.3, -0.25) is 4.79 Å². The first-order valence-corrected chi connectivity index (χ1v) is 4.99. The van der Waals surface area contributed by atoms with Crippen LogP contribution in [0.3, 0.4) is 0 Å². The van der Waals surface area contributed by atoms with E-state index in [1.165, 1.54) is 12.4 Å². The summed E-state index contributed by atoms with van der Waals surface area (Å²) in [6.07, 6.45) is 1.78. The van der Waals surface area contributed by atoms with E-state index in [1.54, 1.807) is 0 Å². The van der Waals surface area contributed by atoms with Crippen molar-refractivity contribution in [2.75, 3.05) is 5.32 Å². The first-order chi connectivity index (χ1) is 7.00. The zero-order valence-corrected chi connectivity index (χ0v) is 8.82. The van der Waals surface area contributed by atoms with Crippen LogP contribution in [0.25, 0.3) is 0 Å². The molecule has 0 aromatic carbocycles. The maximum atomic E-state index is 11.0. The standard InChI is InChI=1S/C10H15N3O2/c1-10(2)6(3-7(10)14)13-8-4-9(15)12-5-11-8/h4-7,14H,3H2,1-2H3,(H2,11,12,13,15). The minimum Gasteiger partial charge on any atom is -0.392 e. The van der Waals surface area contributed by atoms with Gasteiger partial charge in [0, 0.05) is 17.5 Å². The molecule has 1 saturated carbocycles. The Hall–Kier alpha value is -1.36. The second kappa shape index (κ2) is 3.34. The van der Waals surface area contributed by atoms with Crippen molar-refractivity contribution in [2.24, 2.45) is 5.41 Å². The lowest BCUT2D eigenvalue weighted by molar-refractivity contribution is -0.0511. The van der Waals surface area contributed by atoms with Gasteiger partial charge in [-0.25, -0.2) is 4.98 Å². The molecule has 1 fully saturated rings. The van der Waals surface area contributed by atoms with Gasteiger partial charge in [0.15, 0.2) is 0 Å². The van der Waals surface area contributed by atoms with Crippen LogP contribution in [-0.4, -0.2) is 27.2 Å². The SMILES string of the molecule is CC1(C)C(O)CC1Nc1cc(=O)[nH]cn1. The zero-order valence-electron chi connectivity index (χ0n) is 8.82. The number of aliphatic hydroxyl groups excluding tert-OH is 1. The molecule has 2 rings (SSSR count). The van der Waals surface area contributed by atoms with Gasteiger partial charge in [0.05, 0.1) is 12.4 Å². The molecule has 5 nitrogen and oxygen atoms in total. The molecule has 1 aliphatic rings. The van der Waals surface area contributed by atoms with Crippen LogP contribution in [0.15, 0.2) is 17.2 Å². The normalized spacial score (nSPS) is 28.2. The smallest absolute Gasteiger partial charge is 0.252 e. The van der Waals surface area contributed by atoms with Crippen LogP contribution in [0.2, 0.25) is 0 Å². The summed E-state index contributed by atoms with van der Waals surface area (Å²) in [7, 11) is 0. The Labute approximate surface area is 87.6 Å². The highest BCUT2D eigenvalue weighted by molar-refractivity contribution is 5.35. The molecule has 2 atom stereocenters. The summed E-state index contributed by atoms with van der Waals surface area (Å²) in [5, 5.41) is 12.7. The van der Waals surface area contributed by atoms with E-state index in [4.69, 9.17) is 0 Å². The van der Waals surface area contributed by atoms with E-state index in [0.717, 1.165) is 0 Å². The number of hydrogen-bond acceptors (Lipinski definition) is 4. The molecule has 1 aromatic rings. The fourth-order valence-electron chi connectivity index (χ4n) is 1.77. The summed E-state index contributed by atoms with van der Waals surface area (Å²) >= 11 is 0. The average Bonchev–Trinajstić information content (AvgIpc) is 2.17. The predicted octanol–water partition coefficient (Wildman–Crippen LogP) is 0.341. The molecular weight excluding hydrogens is 194 g/mol. The first kappa shape index (κ1) is 10.2. The highest BCUT2D eigenvalue weighted by atomic mass is 16.3. The van der Waals surface area contributed by atoms with Gasteiger partial charge in [-0.2, -0.15) is 0 Å². The molecule has 0 saturated heterocycles. The Kier molecular flexibility index (Phi) is 2.26. The number of rotatable bonds is 2. The van der Waals surface area contributed by atoms with Gasteiger partial charge < -0.3 is 15.4 Å². The van der Waals surface area contributed by atoms with E-state index in [-0.39, 0.29) is 23.1 Å². The minimum atomic E-state index is -0.281. The number of aliphatic hydroxyl groups is 1. The zero-order chi connectivity index (χ0) is 11.1. The summed E-state index contributed by atoms with van der Waals surface area (Å²) in [5.74, 6) is 0.559. The van der Waals surface area contributed by atoms with Crippen LogP contribution in [-0.2, 0) is 0 Å². The molecule has 0 spiro atoms. The van der Waals surface area contributed by atoms with Crippen LogP contribution in [0.4, 0.5) is 5.82 Å². The number of H-pyrrole nitrogens is 1. The third kappa shape index (κ3) is 1.74. The highest BCUT2D eigenvalue weighted by Crippen LogP contribution is 2.41. The molecule has 0 radical (unpaired) electrons. The molecule has 15 heavy (non-hydrogen) atoms. The van der Waals surface area contributed by atoms with Gasteiger partial charge in [0.2, 0.25) is 0 Å². The summed E-state index contributed by atoms with van der Waals surface area (Å²) in [6.45, 7) is 3.98. The number of aromatic amines is 1. The van der Waals surface area contributed by atoms with Crippen molar-refractivity contribution >= 4 is 5.82 Å². The summed E-state index contributed by atoms with van der Waals surface area (Å²) in [4.78, 5) is 17.5. The van der Waals surface area contributed by atoms with Crippen LogP contribution in [0, 0.1) is 5.41 Å². The predicted molar refractivity (Wildman–Crippen MR) is 56.7 cm³/mol. The molecule has 82 valence electrons. The molecule has 1 aliphatic carbocycles. The molecule has 1 heterocycles.